The average Bonchev–Trinajstić information content (AvgIpc) is 2.80. The molecule has 2 aromatic rings. The summed E-state index contributed by atoms with van der Waals surface area (Å²) in [6.07, 6.45) is 1.73. The Morgan fingerprint density at radius 1 is 1.41 bits per heavy atom. The fraction of sp³-hybridized carbons (Fsp3) is 0.438. The van der Waals surface area contributed by atoms with Crippen LogP contribution in [0.1, 0.15) is 36.8 Å². The third kappa shape index (κ3) is 3.88. The number of nitrogens with zero attached hydrogens (tertiary/aromatic N) is 3. The number of carbonyl (C=O) groups excluding carboxylic acids is 1. The molecule has 0 fully saturated rings. The second-order valence-electron chi connectivity index (χ2n) is 5.15. The first kappa shape index (κ1) is 16.5. The van der Waals surface area contributed by atoms with Gasteiger partial charge >= 0.3 is 0 Å². The molecular weight excluding hydrogens is 296 g/mol. The molecule has 2 rings (SSSR count). The third-order valence-corrected chi connectivity index (χ3v) is 4.48. The summed E-state index contributed by atoms with van der Waals surface area (Å²) >= 11 is 1.44. The molecule has 6 heteroatoms. The topological polar surface area (TPSA) is 59.8 Å². The van der Waals surface area contributed by atoms with Crippen LogP contribution in [0, 0.1) is 13.8 Å². The van der Waals surface area contributed by atoms with Crippen molar-refractivity contribution in [2.75, 3.05) is 5.75 Å². The molecule has 0 spiro atoms. The van der Waals surface area contributed by atoms with Crippen LogP contribution in [-0.4, -0.2) is 26.4 Å². The van der Waals surface area contributed by atoms with E-state index in [1.54, 1.807) is 6.20 Å². The molecule has 1 atom stereocenters. The monoisotopic (exact) mass is 318 g/mol. The van der Waals surface area contributed by atoms with Crippen LogP contribution >= 0.6 is 11.8 Å². The fourth-order valence-electron chi connectivity index (χ4n) is 2.57. The van der Waals surface area contributed by atoms with Gasteiger partial charge in [-0.25, -0.2) is 4.98 Å². The highest BCUT2D eigenvalue weighted by Crippen LogP contribution is 2.22. The Morgan fingerprint density at radius 2 is 2.18 bits per heavy atom. The van der Waals surface area contributed by atoms with Gasteiger partial charge < -0.3 is 5.32 Å². The molecule has 1 N–H and O–H groups in total. The smallest absolute Gasteiger partial charge is 0.230 e. The number of rotatable bonds is 6. The minimum absolute atomic E-state index is 0.00574. The minimum Gasteiger partial charge on any atom is -0.349 e. The molecule has 1 amide bonds. The lowest BCUT2D eigenvalue weighted by Gasteiger charge is -2.15. The molecule has 0 aliphatic heterocycles. The quantitative estimate of drug-likeness (QED) is 0.832. The Hall–Kier alpha value is -1.82. The number of thioether (sulfide) groups is 1. The lowest BCUT2D eigenvalue weighted by atomic mass is 10.1. The van der Waals surface area contributed by atoms with E-state index in [2.05, 4.69) is 22.3 Å². The van der Waals surface area contributed by atoms with Crippen LogP contribution < -0.4 is 5.32 Å². The maximum absolute atomic E-state index is 12.1. The lowest BCUT2D eigenvalue weighted by Crippen LogP contribution is -2.28. The number of aromatic nitrogens is 3. The molecule has 0 saturated heterocycles. The Labute approximate surface area is 135 Å². The summed E-state index contributed by atoms with van der Waals surface area (Å²) in [6, 6.07) is 5.64. The van der Waals surface area contributed by atoms with Gasteiger partial charge in [0.25, 0.3) is 0 Å². The van der Waals surface area contributed by atoms with Gasteiger partial charge in [0.05, 0.1) is 22.5 Å². The van der Waals surface area contributed by atoms with Gasteiger partial charge in [-0.1, -0.05) is 17.8 Å². The van der Waals surface area contributed by atoms with Crippen molar-refractivity contribution in [3.63, 3.8) is 0 Å². The molecule has 0 aliphatic carbocycles. The highest BCUT2D eigenvalue weighted by atomic mass is 32.2. The van der Waals surface area contributed by atoms with Crippen molar-refractivity contribution in [3.8, 4) is 0 Å². The van der Waals surface area contributed by atoms with E-state index in [9.17, 15) is 4.79 Å². The first-order valence-corrected chi connectivity index (χ1v) is 8.38. The van der Waals surface area contributed by atoms with Crippen molar-refractivity contribution in [3.05, 3.63) is 41.3 Å². The van der Waals surface area contributed by atoms with Crippen LogP contribution in [-0.2, 0) is 11.3 Å². The number of amides is 1. The zero-order valence-corrected chi connectivity index (χ0v) is 14.3. The van der Waals surface area contributed by atoms with E-state index in [1.165, 1.54) is 11.8 Å². The van der Waals surface area contributed by atoms with Crippen LogP contribution in [0.4, 0.5) is 0 Å². The highest BCUT2D eigenvalue weighted by Gasteiger charge is 2.18. The normalized spacial score (nSPS) is 12.2. The standard InChI is InChI=1S/C16H22N4OS/c1-5-20-13(4)16(12(3)19-20)11(2)18-14(21)10-22-15-8-6-7-9-17-15/h6-9,11H,5,10H2,1-4H3,(H,18,21)/t11-/m0/s1. The first-order chi connectivity index (χ1) is 10.5. The summed E-state index contributed by atoms with van der Waals surface area (Å²) in [6.45, 7) is 8.93. The van der Waals surface area contributed by atoms with Gasteiger partial charge in [0.15, 0.2) is 0 Å². The Bertz CT molecular complexity index is 639. The third-order valence-electron chi connectivity index (χ3n) is 3.54. The van der Waals surface area contributed by atoms with Crippen molar-refractivity contribution in [2.24, 2.45) is 0 Å². The number of hydrogen-bond donors (Lipinski definition) is 1. The van der Waals surface area contributed by atoms with E-state index in [0.29, 0.717) is 5.75 Å². The van der Waals surface area contributed by atoms with Crippen LogP contribution in [0.2, 0.25) is 0 Å². The van der Waals surface area contributed by atoms with Crippen LogP contribution in [0.25, 0.3) is 0 Å². The minimum atomic E-state index is -0.0443. The Morgan fingerprint density at radius 3 is 2.77 bits per heavy atom. The Balaban J connectivity index is 1.95. The fourth-order valence-corrected chi connectivity index (χ4v) is 3.25. The summed E-state index contributed by atoms with van der Waals surface area (Å²) < 4.78 is 1.97. The van der Waals surface area contributed by atoms with Crippen molar-refractivity contribution in [1.29, 1.82) is 0 Å². The molecule has 0 bridgehead atoms. The van der Waals surface area contributed by atoms with Crippen LogP contribution in [0.5, 0.6) is 0 Å². The maximum Gasteiger partial charge on any atom is 0.230 e. The summed E-state index contributed by atoms with van der Waals surface area (Å²) in [4.78, 5) is 16.3. The molecular formula is C16H22N4OS. The van der Waals surface area contributed by atoms with Gasteiger partial charge in [-0.05, 0) is 39.8 Å². The number of carbonyl (C=O) groups is 1. The number of hydrogen-bond acceptors (Lipinski definition) is 4. The number of aryl methyl sites for hydroxylation is 2. The summed E-state index contributed by atoms with van der Waals surface area (Å²) in [5.41, 5.74) is 3.20. The molecule has 2 heterocycles. The molecule has 118 valence electrons. The zero-order chi connectivity index (χ0) is 16.1. The number of nitrogens with one attached hydrogen (secondary N) is 1. The first-order valence-electron chi connectivity index (χ1n) is 7.40. The molecule has 5 nitrogen and oxygen atoms in total. The van der Waals surface area contributed by atoms with E-state index in [0.717, 1.165) is 28.5 Å². The lowest BCUT2D eigenvalue weighted by molar-refractivity contribution is -0.119. The van der Waals surface area contributed by atoms with Crippen LogP contribution in [0.15, 0.2) is 29.4 Å². The van der Waals surface area contributed by atoms with Crippen LogP contribution in [0.3, 0.4) is 0 Å². The van der Waals surface area contributed by atoms with Gasteiger partial charge in [-0.15, -0.1) is 0 Å². The Kier molecular flexibility index (Phi) is 5.60. The SMILES string of the molecule is CCn1nc(C)c([C@H](C)NC(=O)CSc2ccccn2)c1C. The zero-order valence-electron chi connectivity index (χ0n) is 13.5. The largest absolute Gasteiger partial charge is 0.349 e. The second-order valence-corrected chi connectivity index (χ2v) is 6.14. The average molecular weight is 318 g/mol. The molecule has 22 heavy (non-hydrogen) atoms. The molecule has 0 aromatic carbocycles. The molecule has 0 saturated carbocycles. The van der Waals surface area contributed by atoms with Crippen molar-refractivity contribution < 1.29 is 4.79 Å². The predicted octanol–water partition coefficient (Wildman–Crippen LogP) is 2.88. The predicted molar refractivity (Wildman–Crippen MR) is 88.9 cm³/mol. The second kappa shape index (κ2) is 7.45. The highest BCUT2D eigenvalue weighted by molar-refractivity contribution is 7.99. The number of pyridine rings is 1. The van der Waals surface area contributed by atoms with Gasteiger partial charge in [0, 0.05) is 24.0 Å². The molecule has 2 aromatic heterocycles. The summed E-state index contributed by atoms with van der Waals surface area (Å²) in [5, 5.41) is 8.40. The van der Waals surface area contributed by atoms with Crippen molar-refractivity contribution >= 4 is 17.7 Å². The maximum atomic E-state index is 12.1. The van der Waals surface area contributed by atoms with E-state index in [4.69, 9.17) is 0 Å². The molecule has 0 unspecified atom stereocenters. The van der Waals surface area contributed by atoms with E-state index < -0.39 is 0 Å². The van der Waals surface area contributed by atoms with Gasteiger partial charge in [-0.2, -0.15) is 5.10 Å². The summed E-state index contributed by atoms with van der Waals surface area (Å²) in [5.74, 6) is 0.368. The molecule has 0 radical (unpaired) electrons. The van der Waals surface area contributed by atoms with E-state index >= 15 is 0 Å². The van der Waals surface area contributed by atoms with E-state index in [1.807, 2.05) is 43.7 Å². The van der Waals surface area contributed by atoms with Crippen molar-refractivity contribution in [2.45, 2.75) is 45.3 Å². The van der Waals surface area contributed by atoms with Crippen molar-refractivity contribution in [1.82, 2.24) is 20.1 Å². The van der Waals surface area contributed by atoms with E-state index in [-0.39, 0.29) is 11.9 Å². The molecule has 0 aliphatic rings. The van der Waals surface area contributed by atoms with Gasteiger partial charge in [-0.3, -0.25) is 9.48 Å². The summed E-state index contributed by atoms with van der Waals surface area (Å²) in [7, 11) is 0. The van der Waals surface area contributed by atoms with Gasteiger partial charge in [0.1, 0.15) is 0 Å². The van der Waals surface area contributed by atoms with Gasteiger partial charge in [0.2, 0.25) is 5.91 Å².